The van der Waals surface area contributed by atoms with Gasteiger partial charge in [0.2, 0.25) is 5.91 Å². The molecule has 1 heterocycles. The molecule has 2 amide bonds. The monoisotopic (exact) mass is 395 g/mol. The van der Waals surface area contributed by atoms with Crippen LogP contribution in [0.25, 0.3) is 11.1 Å². The van der Waals surface area contributed by atoms with E-state index in [1.54, 1.807) is 18.2 Å². The topological polar surface area (TPSA) is 93.5 Å². The SMILES string of the molecule is CC(C)c1nc2cc(NC(=O)CCCNC(=O)OCc3ccccc3)ccc2o1. The Balaban J connectivity index is 1.37. The lowest BCUT2D eigenvalue weighted by molar-refractivity contribution is -0.116. The molecular weight excluding hydrogens is 370 g/mol. The number of carbonyl (C=O) groups is 2. The molecule has 0 spiro atoms. The Hall–Kier alpha value is -3.35. The van der Waals surface area contributed by atoms with Crippen LogP contribution in [0.1, 0.15) is 44.1 Å². The highest BCUT2D eigenvalue weighted by atomic mass is 16.5. The van der Waals surface area contributed by atoms with E-state index < -0.39 is 6.09 Å². The normalized spacial score (nSPS) is 10.9. The highest BCUT2D eigenvalue weighted by Crippen LogP contribution is 2.23. The number of nitrogens with one attached hydrogen (secondary N) is 2. The number of oxazole rings is 1. The highest BCUT2D eigenvalue weighted by molar-refractivity contribution is 5.92. The summed E-state index contributed by atoms with van der Waals surface area (Å²) in [5.74, 6) is 0.748. The second kappa shape index (κ2) is 9.73. The van der Waals surface area contributed by atoms with Gasteiger partial charge in [0.1, 0.15) is 12.1 Å². The quantitative estimate of drug-likeness (QED) is 0.544. The number of nitrogens with zero attached hydrogens (tertiary/aromatic N) is 1. The van der Waals surface area contributed by atoms with Gasteiger partial charge in [-0.05, 0) is 30.2 Å². The summed E-state index contributed by atoms with van der Waals surface area (Å²) in [4.78, 5) is 28.2. The molecule has 3 aromatic rings. The molecule has 0 aliphatic heterocycles. The number of amides is 2. The zero-order valence-corrected chi connectivity index (χ0v) is 16.6. The molecule has 0 atom stereocenters. The number of fused-ring (bicyclic) bond motifs is 1. The lowest BCUT2D eigenvalue weighted by Gasteiger charge is -2.07. The van der Waals surface area contributed by atoms with Gasteiger partial charge in [-0.25, -0.2) is 9.78 Å². The maximum Gasteiger partial charge on any atom is 0.407 e. The number of hydrogen-bond donors (Lipinski definition) is 2. The van der Waals surface area contributed by atoms with E-state index >= 15 is 0 Å². The third kappa shape index (κ3) is 6.07. The summed E-state index contributed by atoms with van der Waals surface area (Å²) in [6, 6.07) is 14.8. The standard InChI is InChI=1S/C22H25N3O4/c1-15(2)21-25-18-13-17(10-11-19(18)29-21)24-20(26)9-6-12-23-22(27)28-14-16-7-4-3-5-8-16/h3-5,7-8,10-11,13,15H,6,9,12,14H2,1-2H3,(H,23,27)(H,24,26). The summed E-state index contributed by atoms with van der Waals surface area (Å²) in [5.41, 5.74) is 3.01. The van der Waals surface area contributed by atoms with Gasteiger partial charge < -0.3 is 19.8 Å². The molecule has 0 fully saturated rings. The van der Waals surface area contributed by atoms with Crippen LogP contribution in [0.5, 0.6) is 0 Å². The van der Waals surface area contributed by atoms with Crippen molar-refractivity contribution in [3.05, 3.63) is 60.0 Å². The Kier molecular flexibility index (Phi) is 6.84. The summed E-state index contributed by atoms with van der Waals surface area (Å²) in [6.07, 6.45) is 0.301. The molecule has 0 radical (unpaired) electrons. The molecule has 2 aromatic carbocycles. The third-order valence-corrected chi connectivity index (χ3v) is 4.24. The Labute approximate surface area is 169 Å². The van der Waals surface area contributed by atoms with Gasteiger partial charge >= 0.3 is 6.09 Å². The van der Waals surface area contributed by atoms with Crippen LogP contribution in [0.4, 0.5) is 10.5 Å². The van der Waals surface area contributed by atoms with Crippen LogP contribution in [0.2, 0.25) is 0 Å². The minimum absolute atomic E-state index is 0.128. The van der Waals surface area contributed by atoms with Crippen molar-refractivity contribution in [1.82, 2.24) is 10.3 Å². The van der Waals surface area contributed by atoms with E-state index in [2.05, 4.69) is 15.6 Å². The van der Waals surface area contributed by atoms with Crippen molar-refractivity contribution in [2.75, 3.05) is 11.9 Å². The maximum absolute atomic E-state index is 12.1. The van der Waals surface area contributed by atoms with Crippen LogP contribution in [-0.2, 0) is 16.1 Å². The minimum Gasteiger partial charge on any atom is -0.445 e. The van der Waals surface area contributed by atoms with Crippen LogP contribution in [0.3, 0.4) is 0 Å². The Bertz CT molecular complexity index is 967. The molecule has 1 aromatic heterocycles. The molecule has 0 aliphatic rings. The van der Waals surface area contributed by atoms with Crippen molar-refractivity contribution in [2.24, 2.45) is 0 Å². The average Bonchev–Trinajstić information content (AvgIpc) is 3.14. The molecule has 7 heteroatoms. The van der Waals surface area contributed by atoms with Gasteiger partial charge in [-0.3, -0.25) is 4.79 Å². The first kappa shape index (κ1) is 20.4. The molecule has 0 saturated heterocycles. The number of carbonyl (C=O) groups excluding carboxylic acids is 2. The van der Waals surface area contributed by atoms with Crippen molar-refractivity contribution in [3.63, 3.8) is 0 Å². The van der Waals surface area contributed by atoms with Gasteiger partial charge in [-0.2, -0.15) is 0 Å². The molecule has 2 N–H and O–H groups in total. The van der Waals surface area contributed by atoms with Gasteiger partial charge in [0, 0.05) is 24.6 Å². The highest BCUT2D eigenvalue weighted by Gasteiger charge is 2.11. The van der Waals surface area contributed by atoms with E-state index in [1.165, 1.54) is 0 Å². The second-order valence-corrected chi connectivity index (χ2v) is 7.03. The van der Waals surface area contributed by atoms with Crippen molar-refractivity contribution in [2.45, 2.75) is 39.2 Å². The molecule has 3 rings (SSSR count). The van der Waals surface area contributed by atoms with Crippen molar-refractivity contribution in [1.29, 1.82) is 0 Å². The predicted octanol–water partition coefficient (Wildman–Crippen LogP) is 4.60. The summed E-state index contributed by atoms with van der Waals surface area (Å²) >= 11 is 0. The Morgan fingerprint density at radius 1 is 1.14 bits per heavy atom. The van der Waals surface area contributed by atoms with E-state index in [9.17, 15) is 9.59 Å². The largest absolute Gasteiger partial charge is 0.445 e. The number of ether oxygens (including phenoxy) is 1. The van der Waals surface area contributed by atoms with Gasteiger partial charge in [-0.1, -0.05) is 44.2 Å². The number of aromatic nitrogens is 1. The van der Waals surface area contributed by atoms with Crippen LogP contribution in [0, 0.1) is 0 Å². The molecule has 0 aliphatic carbocycles. The molecule has 7 nitrogen and oxygen atoms in total. The third-order valence-electron chi connectivity index (χ3n) is 4.24. The molecule has 0 unspecified atom stereocenters. The van der Waals surface area contributed by atoms with Gasteiger partial charge in [0.15, 0.2) is 11.5 Å². The fourth-order valence-corrected chi connectivity index (χ4v) is 2.71. The first-order valence-corrected chi connectivity index (χ1v) is 9.66. The average molecular weight is 395 g/mol. The van der Waals surface area contributed by atoms with Crippen molar-refractivity contribution >= 4 is 28.8 Å². The van der Waals surface area contributed by atoms with Crippen LogP contribution in [0.15, 0.2) is 52.9 Å². The van der Waals surface area contributed by atoms with E-state index in [0.717, 1.165) is 5.56 Å². The smallest absolute Gasteiger partial charge is 0.407 e. The predicted molar refractivity (Wildman–Crippen MR) is 111 cm³/mol. The summed E-state index contributed by atoms with van der Waals surface area (Å²) in [6.45, 7) is 4.61. The second-order valence-electron chi connectivity index (χ2n) is 7.03. The number of anilines is 1. The Morgan fingerprint density at radius 2 is 1.93 bits per heavy atom. The van der Waals surface area contributed by atoms with Crippen LogP contribution in [-0.4, -0.2) is 23.5 Å². The molecule has 0 saturated carbocycles. The zero-order valence-electron chi connectivity index (χ0n) is 16.6. The fraction of sp³-hybridized carbons (Fsp3) is 0.318. The number of alkyl carbamates (subject to hydrolysis) is 1. The van der Waals surface area contributed by atoms with E-state index in [1.807, 2.05) is 44.2 Å². The van der Waals surface area contributed by atoms with E-state index in [0.29, 0.717) is 35.6 Å². The van der Waals surface area contributed by atoms with E-state index in [-0.39, 0.29) is 24.9 Å². The molecule has 29 heavy (non-hydrogen) atoms. The Morgan fingerprint density at radius 3 is 2.69 bits per heavy atom. The van der Waals surface area contributed by atoms with Gasteiger partial charge in [-0.15, -0.1) is 0 Å². The maximum atomic E-state index is 12.1. The first-order valence-electron chi connectivity index (χ1n) is 9.66. The lowest BCUT2D eigenvalue weighted by Crippen LogP contribution is -2.26. The van der Waals surface area contributed by atoms with Gasteiger partial charge in [0.25, 0.3) is 0 Å². The van der Waals surface area contributed by atoms with Crippen molar-refractivity contribution < 1.29 is 18.7 Å². The molecule has 152 valence electrons. The number of hydrogen-bond acceptors (Lipinski definition) is 5. The summed E-state index contributed by atoms with van der Waals surface area (Å²) in [7, 11) is 0. The molecule has 0 bridgehead atoms. The fourth-order valence-electron chi connectivity index (χ4n) is 2.71. The summed E-state index contributed by atoms with van der Waals surface area (Å²) < 4.78 is 10.8. The van der Waals surface area contributed by atoms with E-state index in [4.69, 9.17) is 9.15 Å². The summed E-state index contributed by atoms with van der Waals surface area (Å²) in [5, 5.41) is 5.49. The van der Waals surface area contributed by atoms with Crippen LogP contribution < -0.4 is 10.6 Å². The number of rotatable bonds is 8. The number of benzene rings is 2. The van der Waals surface area contributed by atoms with Crippen LogP contribution >= 0.6 is 0 Å². The first-order chi connectivity index (χ1) is 14.0. The van der Waals surface area contributed by atoms with Crippen molar-refractivity contribution in [3.8, 4) is 0 Å². The zero-order chi connectivity index (χ0) is 20.6. The lowest BCUT2D eigenvalue weighted by atomic mass is 10.2. The minimum atomic E-state index is -0.494. The molecular formula is C22H25N3O4. The van der Waals surface area contributed by atoms with Gasteiger partial charge in [0.05, 0.1) is 0 Å².